The molecule has 5 nitrogen and oxygen atoms in total. The molecule has 1 N–H and O–H groups in total. The number of carbonyl (C=O) groups excluding carboxylic acids is 1. The van der Waals surface area contributed by atoms with E-state index in [-0.39, 0.29) is 25.9 Å². The maximum absolute atomic E-state index is 13.4. The third kappa shape index (κ3) is 5.65. The van der Waals surface area contributed by atoms with Crippen LogP contribution >= 0.6 is 11.6 Å². The minimum atomic E-state index is -1.08. The van der Waals surface area contributed by atoms with E-state index in [0.29, 0.717) is 21.9 Å². The van der Waals surface area contributed by atoms with E-state index in [9.17, 15) is 18.4 Å². The Bertz CT molecular complexity index is 844. The minimum absolute atomic E-state index is 0.0594. The van der Waals surface area contributed by atoms with Crippen LogP contribution in [0.3, 0.4) is 0 Å². The number of rotatable bonds is 8. The van der Waals surface area contributed by atoms with Crippen molar-refractivity contribution < 1.29 is 28.2 Å². The molecule has 0 saturated heterocycles. The van der Waals surface area contributed by atoms with Gasteiger partial charge in [0.2, 0.25) is 5.91 Å². The topological polar surface area (TPSA) is 66.8 Å². The fourth-order valence-corrected chi connectivity index (χ4v) is 2.78. The van der Waals surface area contributed by atoms with Crippen LogP contribution in [-0.4, -0.2) is 35.5 Å². The van der Waals surface area contributed by atoms with Crippen molar-refractivity contribution in [3.63, 3.8) is 0 Å². The third-order valence-corrected chi connectivity index (χ3v) is 4.28. The van der Waals surface area contributed by atoms with Crippen LogP contribution in [0, 0.1) is 11.6 Å². The second-order valence-corrected chi connectivity index (χ2v) is 6.21. The Morgan fingerprint density at radius 3 is 2.56 bits per heavy atom. The van der Waals surface area contributed by atoms with Crippen molar-refractivity contribution in [2.24, 2.45) is 0 Å². The lowest BCUT2D eigenvalue weighted by atomic mass is 10.1. The minimum Gasteiger partial charge on any atom is -0.496 e. The molecule has 0 saturated carbocycles. The fourth-order valence-electron chi connectivity index (χ4n) is 2.55. The zero-order valence-electron chi connectivity index (χ0n) is 14.5. The number of ether oxygens (including phenoxy) is 1. The van der Waals surface area contributed by atoms with Crippen LogP contribution in [0.4, 0.5) is 8.78 Å². The van der Waals surface area contributed by atoms with Crippen molar-refractivity contribution in [3.8, 4) is 5.75 Å². The summed E-state index contributed by atoms with van der Waals surface area (Å²) in [4.78, 5) is 24.9. The van der Waals surface area contributed by atoms with Gasteiger partial charge in [0.25, 0.3) is 0 Å². The van der Waals surface area contributed by atoms with Crippen LogP contribution in [0.1, 0.15) is 17.5 Å². The maximum Gasteiger partial charge on any atom is 0.305 e. The lowest BCUT2D eigenvalue weighted by Crippen LogP contribution is -2.34. The number of carboxylic acids is 1. The number of carboxylic acid groups (broad SMARTS) is 1. The van der Waals surface area contributed by atoms with Crippen molar-refractivity contribution in [3.05, 3.63) is 64.2 Å². The second kappa shape index (κ2) is 9.32. The molecule has 0 fully saturated rings. The molecule has 0 aliphatic heterocycles. The standard InChI is InChI=1S/C19H18ClF2NO4/c1-27-17-4-2-3-14(20)13(17)10-18(24)23(8-7-19(25)26)11-12-5-6-15(21)16(22)9-12/h2-6,9H,7-8,10-11H2,1H3,(H,25,26). The van der Waals surface area contributed by atoms with Gasteiger partial charge in [-0.25, -0.2) is 8.78 Å². The van der Waals surface area contributed by atoms with Crippen LogP contribution < -0.4 is 4.74 Å². The molecule has 8 heteroatoms. The lowest BCUT2D eigenvalue weighted by molar-refractivity contribution is -0.138. The smallest absolute Gasteiger partial charge is 0.305 e. The molecule has 0 unspecified atom stereocenters. The Kier molecular flexibility index (Phi) is 7.12. The first-order valence-electron chi connectivity index (χ1n) is 8.06. The second-order valence-electron chi connectivity index (χ2n) is 5.80. The number of carbonyl (C=O) groups is 2. The highest BCUT2D eigenvalue weighted by atomic mass is 35.5. The van der Waals surface area contributed by atoms with E-state index in [1.165, 1.54) is 18.1 Å². The number of hydrogen-bond donors (Lipinski definition) is 1. The largest absolute Gasteiger partial charge is 0.496 e. The molecule has 1 amide bonds. The molecule has 0 heterocycles. The summed E-state index contributed by atoms with van der Waals surface area (Å²) in [5.41, 5.74) is 0.816. The normalized spacial score (nSPS) is 10.5. The van der Waals surface area contributed by atoms with E-state index in [4.69, 9.17) is 21.4 Å². The fraction of sp³-hybridized carbons (Fsp3) is 0.263. The van der Waals surface area contributed by atoms with Crippen molar-refractivity contribution in [1.29, 1.82) is 0 Å². The van der Waals surface area contributed by atoms with Gasteiger partial charge in [-0.15, -0.1) is 0 Å². The van der Waals surface area contributed by atoms with Gasteiger partial charge in [0.1, 0.15) is 5.75 Å². The Labute approximate surface area is 160 Å². The van der Waals surface area contributed by atoms with Gasteiger partial charge in [-0.05, 0) is 29.8 Å². The molecule has 0 aliphatic carbocycles. The van der Waals surface area contributed by atoms with Gasteiger partial charge in [-0.1, -0.05) is 23.7 Å². The first-order valence-corrected chi connectivity index (χ1v) is 8.44. The number of aliphatic carboxylic acids is 1. The van der Waals surface area contributed by atoms with E-state index >= 15 is 0 Å². The van der Waals surface area contributed by atoms with Gasteiger partial charge in [0, 0.05) is 23.7 Å². The van der Waals surface area contributed by atoms with Crippen LogP contribution in [0.15, 0.2) is 36.4 Å². The predicted octanol–water partition coefficient (Wildman–Crippen LogP) is 3.67. The summed E-state index contributed by atoms with van der Waals surface area (Å²) in [5, 5.41) is 9.26. The molecule has 0 atom stereocenters. The molecule has 2 rings (SSSR count). The molecule has 27 heavy (non-hydrogen) atoms. The molecule has 0 bridgehead atoms. The van der Waals surface area contributed by atoms with Crippen LogP contribution in [0.25, 0.3) is 0 Å². The quantitative estimate of drug-likeness (QED) is 0.738. The Balaban J connectivity index is 2.23. The zero-order chi connectivity index (χ0) is 20.0. The molecular formula is C19H18ClF2NO4. The highest BCUT2D eigenvalue weighted by molar-refractivity contribution is 6.31. The number of halogens is 3. The number of nitrogens with zero attached hydrogens (tertiary/aromatic N) is 1. The van der Waals surface area contributed by atoms with Gasteiger partial charge in [0.15, 0.2) is 11.6 Å². The summed E-state index contributed by atoms with van der Waals surface area (Å²) in [6, 6.07) is 8.23. The van der Waals surface area contributed by atoms with E-state index < -0.39 is 23.5 Å². The Morgan fingerprint density at radius 2 is 1.93 bits per heavy atom. The molecule has 2 aromatic carbocycles. The number of amides is 1. The van der Waals surface area contributed by atoms with Gasteiger partial charge >= 0.3 is 5.97 Å². The van der Waals surface area contributed by atoms with E-state index in [1.807, 2.05) is 0 Å². The number of methoxy groups -OCH3 is 1. The average Bonchev–Trinajstić information content (AvgIpc) is 2.62. The molecule has 0 aliphatic rings. The van der Waals surface area contributed by atoms with Crippen molar-refractivity contribution in [2.45, 2.75) is 19.4 Å². The Morgan fingerprint density at radius 1 is 1.19 bits per heavy atom. The van der Waals surface area contributed by atoms with Crippen molar-refractivity contribution in [2.75, 3.05) is 13.7 Å². The van der Waals surface area contributed by atoms with Crippen LogP contribution in [0.2, 0.25) is 5.02 Å². The SMILES string of the molecule is COc1cccc(Cl)c1CC(=O)N(CCC(=O)O)Cc1ccc(F)c(F)c1. The van der Waals surface area contributed by atoms with Crippen molar-refractivity contribution in [1.82, 2.24) is 4.90 Å². The highest BCUT2D eigenvalue weighted by Gasteiger charge is 2.20. The van der Waals surface area contributed by atoms with Crippen LogP contribution in [0.5, 0.6) is 5.75 Å². The van der Waals surface area contributed by atoms with E-state index in [2.05, 4.69) is 0 Å². The summed E-state index contributed by atoms with van der Waals surface area (Å²) < 4.78 is 31.8. The Hall–Kier alpha value is -2.67. The third-order valence-electron chi connectivity index (χ3n) is 3.93. The summed E-state index contributed by atoms with van der Waals surface area (Å²) in [6.45, 7) is -0.143. The van der Waals surface area contributed by atoms with E-state index in [1.54, 1.807) is 18.2 Å². The van der Waals surface area contributed by atoms with Gasteiger partial charge < -0.3 is 14.7 Å². The van der Waals surface area contributed by atoms with Crippen LogP contribution in [-0.2, 0) is 22.6 Å². The molecule has 0 spiro atoms. The predicted molar refractivity (Wildman–Crippen MR) is 95.7 cm³/mol. The van der Waals surface area contributed by atoms with Gasteiger partial charge in [-0.3, -0.25) is 9.59 Å². The van der Waals surface area contributed by atoms with E-state index in [0.717, 1.165) is 12.1 Å². The van der Waals surface area contributed by atoms with Crippen molar-refractivity contribution >= 4 is 23.5 Å². The number of hydrogen-bond acceptors (Lipinski definition) is 3. The first-order chi connectivity index (χ1) is 12.8. The molecule has 144 valence electrons. The summed E-state index contributed by atoms with van der Waals surface area (Å²) >= 11 is 6.15. The van der Waals surface area contributed by atoms with Gasteiger partial charge in [-0.2, -0.15) is 0 Å². The summed E-state index contributed by atoms with van der Waals surface area (Å²) in [6.07, 6.45) is -0.402. The monoisotopic (exact) mass is 397 g/mol. The molecule has 2 aromatic rings. The first kappa shape index (κ1) is 20.6. The molecular weight excluding hydrogens is 380 g/mol. The highest BCUT2D eigenvalue weighted by Crippen LogP contribution is 2.27. The summed E-state index contributed by atoms with van der Waals surface area (Å²) in [5.74, 6) is -3.09. The number of benzene rings is 2. The van der Waals surface area contributed by atoms with Gasteiger partial charge in [0.05, 0.1) is 20.0 Å². The molecule has 0 aromatic heterocycles. The molecule has 0 radical (unpaired) electrons. The summed E-state index contributed by atoms with van der Waals surface area (Å²) in [7, 11) is 1.45. The lowest BCUT2D eigenvalue weighted by Gasteiger charge is -2.23. The maximum atomic E-state index is 13.4. The average molecular weight is 398 g/mol. The zero-order valence-corrected chi connectivity index (χ0v) is 15.3.